The van der Waals surface area contributed by atoms with Gasteiger partial charge in [0.05, 0.1) is 10.9 Å². The van der Waals surface area contributed by atoms with E-state index in [1.807, 2.05) is 26.8 Å². The van der Waals surface area contributed by atoms with Crippen molar-refractivity contribution in [1.29, 1.82) is 0 Å². The Bertz CT molecular complexity index is 803. The summed E-state index contributed by atoms with van der Waals surface area (Å²) >= 11 is 7.33. The predicted octanol–water partition coefficient (Wildman–Crippen LogP) is 3.66. The summed E-state index contributed by atoms with van der Waals surface area (Å²) in [6, 6.07) is 5.31. The highest BCUT2D eigenvalue weighted by atomic mass is 35.5. The number of piperidine rings is 1. The lowest BCUT2D eigenvalue weighted by Gasteiger charge is -2.34. The van der Waals surface area contributed by atoms with Crippen LogP contribution in [0, 0.1) is 0 Å². The maximum Gasteiger partial charge on any atom is 0.410 e. The van der Waals surface area contributed by atoms with Crippen molar-refractivity contribution in [2.24, 2.45) is 0 Å². The maximum absolute atomic E-state index is 12.5. The van der Waals surface area contributed by atoms with Crippen molar-refractivity contribution in [1.82, 2.24) is 10.2 Å². The van der Waals surface area contributed by atoms with Crippen molar-refractivity contribution in [3.63, 3.8) is 0 Å². The predicted molar refractivity (Wildman–Crippen MR) is 113 cm³/mol. The van der Waals surface area contributed by atoms with E-state index in [2.05, 4.69) is 10.6 Å². The molecule has 0 radical (unpaired) electrons. The topological polar surface area (TPSA) is 87.7 Å². The van der Waals surface area contributed by atoms with E-state index in [1.54, 1.807) is 17.0 Å². The van der Waals surface area contributed by atoms with Gasteiger partial charge >= 0.3 is 6.09 Å². The summed E-state index contributed by atoms with van der Waals surface area (Å²) in [5.74, 6) is -0.356. The van der Waals surface area contributed by atoms with Crippen molar-refractivity contribution in [2.75, 3.05) is 18.4 Å². The first-order valence-corrected chi connectivity index (χ1v) is 10.9. The van der Waals surface area contributed by atoms with Crippen LogP contribution in [0.25, 0.3) is 0 Å². The van der Waals surface area contributed by atoms with E-state index in [-0.39, 0.29) is 30.4 Å². The van der Waals surface area contributed by atoms with Gasteiger partial charge in [-0.25, -0.2) is 4.79 Å². The Labute approximate surface area is 179 Å². The second kappa shape index (κ2) is 8.83. The van der Waals surface area contributed by atoms with Crippen LogP contribution in [0.5, 0.6) is 0 Å². The van der Waals surface area contributed by atoms with Gasteiger partial charge in [0, 0.05) is 35.5 Å². The first kappa shape index (κ1) is 21.8. The van der Waals surface area contributed by atoms with Crippen molar-refractivity contribution >= 4 is 47.0 Å². The Morgan fingerprint density at radius 3 is 2.66 bits per heavy atom. The van der Waals surface area contributed by atoms with Gasteiger partial charge in [-0.1, -0.05) is 11.6 Å². The number of thioether (sulfide) groups is 1. The maximum atomic E-state index is 12.5. The molecule has 1 aromatic rings. The Morgan fingerprint density at radius 2 is 2.00 bits per heavy atom. The van der Waals surface area contributed by atoms with Gasteiger partial charge in [0.25, 0.3) is 0 Å². The van der Waals surface area contributed by atoms with Crippen molar-refractivity contribution in [3.05, 3.63) is 23.2 Å². The van der Waals surface area contributed by atoms with Crippen molar-refractivity contribution in [3.8, 4) is 0 Å². The molecule has 2 aliphatic rings. The highest BCUT2D eigenvalue weighted by Crippen LogP contribution is 2.38. The van der Waals surface area contributed by atoms with Gasteiger partial charge in [0.2, 0.25) is 11.8 Å². The van der Waals surface area contributed by atoms with E-state index >= 15 is 0 Å². The number of fused-ring (bicyclic) bond motifs is 1. The largest absolute Gasteiger partial charge is 0.444 e. The molecule has 29 heavy (non-hydrogen) atoms. The molecule has 1 fully saturated rings. The van der Waals surface area contributed by atoms with Crippen LogP contribution >= 0.6 is 23.4 Å². The number of carbonyl (C=O) groups is 3. The van der Waals surface area contributed by atoms with Gasteiger partial charge < -0.3 is 20.3 Å². The van der Waals surface area contributed by atoms with E-state index in [1.165, 1.54) is 11.8 Å². The van der Waals surface area contributed by atoms with Gasteiger partial charge in [-0.2, -0.15) is 0 Å². The number of hydrogen-bond donors (Lipinski definition) is 2. The molecule has 158 valence electrons. The third kappa shape index (κ3) is 6.02. The second-order valence-electron chi connectivity index (χ2n) is 8.25. The first-order valence-electron chi connectivity index (χ1n) is 9.65. The number of anilines is 1. The van der Waals surface area contributed by atoms with E-state index in [0.717, 1.165) is 4.90 Å². The smallest absolute Gasteiger partial charge is 0.410 e. The van der Waals surface area contributed by atoms with Gasteiger partial charge in [-0.05, 0) is 51.8 Å². The minimum atomic E-state index is -0.523. The molecule has 1 atom stereocenters. The van der Waals surface area contributed by atoms with Crippen LogP contribution in [0.4, 0.5) is 10.5 Å². The average molecular weight is 440 g/mol. The summed E-state index contributed by atoms with van der Waals surface area (Å²) in [4.78, 5) is 39.5. The molecule has 1 aromatic carbocycles. The molecule has 2 aliphatic heterocycles. The van der Waals surface area contributed by atoms with E-state index < -0.39 is 10.9 Å². The molecule has 1 saturated heterocycles. The van der Waals surface area contributed by atoms with Crippen LogP contribution in [0.15, 0.2) is 23.1 Å². The number of ether oxygens (including phenoxy) is 1. The molecule has 9 heteroatoms. The molecule has 0 aliphatic carbocycles. The van der Waals surface area contributed by atoms with Gasteiger partial charge in [-0.3, -0.25) is 9.59 Å². The summed E-state index contributed by atoms with van der Waals surface area (Å²) in [7, 11) is 0. The molecule has 0 spiro atoms. The van der Waals surface area contributed by atoms with Gasteiger partial charge in [-0.15, -0.1) is 11.8 Å². The molecule has 0 aromatic heterocycles. The third-order valence-electron chi connectivity index (χ3n) is 4.64. The SMILES string of the molecule is CC(C)(C)OC(=O)N1CCC(NC(=O)CC2Sc3ccc(Cl)cc3NC2=O)CC1. The fraction of sp³-hybridized carbons (Fsp3) is 0.550. The van der Waals surface area contributed by atoms with E-state index in [0.29, 0.717) is 36.6 Å². The molecule has 2 heterocycles. The first-order chi connectivity index (χ1) is 13.6. The molecular weight excluding hydrogens is 414 g/mol. The van der Waals surface area contributed by atoms with Crippen molar-refractivity contribution in [2.45, 2.75) is 61.8 Å². The number of likely N-dealkylation sites (tertiary alicyclic amines) is 1. The van der Waals surface area contributed by atoms with Gasteiger partial charge in [0.1, 0.15) is 5.60 Å². The molecule has 3 amide bonds. The molecular formula is C20H26ClN3O4S. The number of carbonyl (C=O) groups excluding carboxylic acids is 3. The summed E-state index contributed by atoms with van der Waals surface area (Å²) in [6.45, 7) is 6.58. The Morgan fingerprint density at radius 1 is 1.31 bits per heavy atom. The molecule has 0 bridgehead atoms. The van der Waals surface area contributed by atoms with Crippen LogP contribution in [0.2, 0.25) is 5.02 Å². The highest BCUT2D eigenvalue weighted by Gasteiger charge is 2.31. The number of nitrogens with one attached hydrogen (secondary N) is 2. The fourth-order valence-electron chi connectivity index (χ4n) is 3.24. The lowest BCUT2D eigenvalue weighted by atomic mass is 10.0. The van der Waals surface area contributed by atoms with Crippen molar-refractivity contribution < 1.29 is 19.1 Å². The zero-order chi connectivity index (χ0) is 21.2. The second-order valence-corrected chi connectivity index (χ2v) is 9.93. The summed E-state index contributed by atoms with van der Waals surface area (Å²) in [5.41, 5.74) is 0.156. The number of amides is 3. The third-order valence-corrected chi connectivity index (χ3v) is 6.15. The Hall–Kier alpha value is -1.93. The summed E-state index contributed by atoms with van der Waals surface area (Å²) in [6.07, 6.45) is 1.11. The van der Waals surface area contributed by atoms with Gasteiger partial charge in [0.15, 0.2) is 0 Å². The number of halogens is 1. The number of benzene rings is 1. The van der Waals surface area contributed by atoms with Crippen LogP contribution < -0.4 is 10.6 Å². The Kier molecular flexibility index (Phi) is 6.63. The minimum absolute atomic E-state index is 0.0102. The summed E-state index contributed by atoms with van der Waals surface area (Å²) in [5, 5.41) is 5.88. The van der Waals surface area contributed by atoms with Crippen LogP contribution in [0.1, 0.15) is 40.0 Å². The average Bonchev–Trinajstić information content (AvgIpc) is 2.61. The lowest BCUT2D eigenvalue weighted by Crippen LogP contribution is -2.48. The quantitative estimate of drug-likeness (QED) is 0.750. The number of nitrogens with zero attached hydrogens (tertiary/aromatic N) is 1. The standard InChI is InChI=1S/C20H26ClN3O4S/c1-20(2,3)28-19(27)24-8-6-13(7-9-24)22-17(25)11-16-18(26)23-14-10-12(21)4-5-15(14)29-16/h4-5,10,13,16H,6-9,11H2,1-3H3,(H,22,25)(H,23,26). The molecule has 3 rings (SSSR count). The van der Waals surface area contributed by atoms with Crippen LogP contribution in [-0.4, -0.2) is 52.8 Å². The van der Waals surface area contributed by atoms with E-state index in [9.17, 15) is 14.4 Å². The number of rotatable bonds is 3. The fourth-order valence-corrected chi connectivity index (χ4v) is 4.51. The molecule has 2 N–H and O–H groups in total. The molecule has 7 nitrogen and oxygen atoms in total. The molecule has 1 unspecified atom stereocenters. The zero-order valence-electron chi connectivity index (χ0n) is 16.8. The minimum Gasteiger partial charge on any atom is -0.444 e. The van der Waals surface area contributed by atoms with E-state index in [4.69, 9.17) is 16.3 Å². The Balaban J connectivity index is 1.46. The summed E-state index contributed by atoms with van der Waals surface area (Å²) < 4.78 is 5.39. The normalized spacial score (nSPS) is 19.9. The molecule has 0 saturated carbocycles. The van der Waals surface area contributed by atoms with Crippen LogP contribution in [-0.2, 0) is 14.3 Å². The number of hydrogen-bond acceptors (Lipinski definition) is 5. The zero-order valence-corrected chi connectivity index (χ0v) is 18.4. The monoisotopic (exact) mass is 439 g/mol. The van der Waals surface area contributed by atoms with Crippen LogP contribution in [0.3, 0.4) is 0 Å². The highest BCUT2D eigenvalue weighted by molar-refractivity contribution is 8.01. The lowest BCUT2D eigenvalue weighted by molar-refractivity contribution is -0.124.